The lowest BCUT2D eigenvalue weighted by Gasteiger charge is -2.07. The Labute approximate surface area is 125 Å². The van der Waals surface area contributed by atoms with Gasteiger partial charge in [-0.1, -0.05) is 43.2 Å². The average molecular weight is 289 g/mol. The molecule has 1 aliphatic carbocycles. The van der Waals surface area contributed by atoms with Crippen LogP contribution < -0.4 is 10.7 Å². The molecule has 1 fully saturated rings. The summed E-state index contributed by atoms with van der Waals surface area (Å²) in [5.74, 6) is 0. The molecule has 2 N–H and O–H groups in total. The molecule has 1 amide bonds. The van der Waals surface area contributed by atoms with Crippen molar-refractivity contribution in [3.8, 4) is 0 Å². The topological polar surface area (TPSA) is 62.7 Å². The number of alkyl carbamates (subject to hydrolysis) is 1. The van der Waals surface area contributed by atoms with Gasteiger partial charge in [-0.15, -0.1) is 0 Å². The van der Waals surface area contributed by atoms with Crippen LogP contribution in [0, 0.1) is 0 Å². The molecule has 2 rings (SSSR count). The van der Waals surface area contributed by atoms with Gasteiger partial charge in [0, 0.05) is 25.2 Å². The molecule has 114 valence electrons. The van der Waals surface area contributed by atoms with Gasteiger partial charge in [0.1, 0.15) is 6.61 Å². The number of hydrogen-bond donors (Lipinski definition) is 2. The highest BCUT2D eigenvalue weighted by molar-refractivity contribution is 5.68. The van der Waals surface area contributed by atoms with Gasteiger partial charge in [-0.05, 0) is 18.4 Å². The molecule has 0 saturated heterocycles. The van der Waals surface area contributed by atoms with Crippen LogP contribution in [-0.4, -0.2) is 24.9 Å². The zero-order valence-electron chi connectivity index (χ0n) is 12.3. The van der Waals surface area contributed by atoms with Crippen LogP contribution in [0.25, 0.3) is 0 Å². The highest BCUT2D eigenvalue weighted by Crippen LogP contribution is 2.17. The number of ether oxygens (including phenoxy) is 1. The number of hydrogen-bond acceptors (Lipinski definition) is 4. The van der Waals surface area contributed by atoms with Crippen molar-refractivity contribution in [1.29, 1.82) is 0 Å². The van der Waals surface area contributed by atoms with Gasteiger partial charge in [-0.3, -0.25) is 0 Å². The highest BCUT2D eigenvalue weighted by Gasteiger charge is 2.12. The minimum absolute atomic E-state index is 0.296. The number of rotatable bonds is 7. The number of carbonyl (C=O) groups excluding carboxylic acids is 1. The van der Waals surface area contributed by atoms with Crippen LogP contribution >= 0.6 is 0 Å². The van der Waals surface area contributed by atoms with Crippen LogP contribution in [0.15, 0.2) is 35.4 Å². The molecule has 0 bridgehead atoms. The van der Waals surface area contributed by atoms with E-state index >= 15 is 0 Å². The summed E-state index contributed by atoms with van der Waals surface area (Å²) in [5.41, 5.74) is 4.12. The Morgan fingerprint density at radius 3 is 2.81 bits per heavy atom. The van der Waals surface area contributed by atoms with Crippen molar-refractivity contribution in [3.05, 3.63) is 35.9 Å². The van der Waals surface area contributed by atoms with Crippen molar-refractivity contribution in [1.82, 2.24) is 10.7 Å². The van der Waals surface area contributed by atoms with Crippen molar-refractivity contribution in [3.63, 3.8) is 0 Å². The summed E-state index contributed by atoms with van der Waals surface area (Å²) >= 11 is 0. The zero-order valence-corrected chi connectivity index (χ0v) is 12.3. The molecular weight excluding hydrogens is 266 g/mol. The van der Waals surface area contributed by atoms with E-state index in [1.165, 1.54) is 25.7 Å². The highest BCUT2D eigenvalue weighted by atomic mass is 16.5. The van der Waals surface area contributed by atoms with E-state index in [-0.39, 0.29) is 0 Å². The predicted octanol–water partition coefficient (Wildman–Crippen LogP) is 2.82. The Bertz CT molecular complexity index is 442. The third kappa shape index (κ3) is 6.29. The molecule has 0 atom stereocenters. The van der Waals surface area contributed by atoms with Gasteiger partial charge < -0.3 is 15.5 Å². The summed E-state index contributed by atoms with van der Waals surface area (Å²) in [6.07, 6.45) is 7.11. The van der Waals surface area contributed by atoms with Crippen LogP contribution in [0.4, 0.5) is 4.79 Å². The summed E-state index contributed by atoms with van der Waals surface area (Å²) in [7, 11) is 0. The lowest BCUT2D eigenvalue weighted by molar-refractivity contribution is 0.140. The average Bonchev–Trinajstić information content (AvgIpc) is 3.03. The minimum Gasteiger partial charge on any atom is -0.445 e. The second-order valence-corrected chi connectivity index (χ2v) is 5.20. The number of benzene rings is 1. The molecular formula is C16H23N3O2. The summed E-state index contributed by atoms with van der Waals surface area (Å²) in [6.45, 7) is 0.827. The summed E-state index contributed by atoms with van der Waals surface area (Å²) < 4.78 is 5.11. The smallest absolute Gasteiger partial charge is 0.407 e. The van der Waals surface area contributed by atoms with Gasteiger partial charge in [-0.2, -0.15) is 5.10 Å². The molecule has 1 aromatic carbocycles. The van der Waals surface area contributed by atoms with E-state index in [0.717, 1.165) is 5.56 Å². The van der Waals surface area contributed by atoms with E-state index in [4.69, 9.17) is 4.74 Å². The lowest BCUT2D eigenvalue weighted by atomic mass is 10.2. The van der Waals surface area contributed by atoms with Crippen molar-refractivity contribution in [2.24, 2.45) is 5.10 Å². The molecule has 0 aliphatic heterocycles. The summed E-state index contributed by atoms with van der Waals surface area (Å²) in [6, 6.07) is 10.2. The van der Waals surface area contributed by atoms with Crippen LogP contribution in [0.2, 0.25) is 0 Å². The second-order valence-electron chi connectivity index (χ2n) is 5.20. The molecule has 5 heteroatoms. The van der Waals surface area contributed by atoms with Gasteiger partial charge in [0.15, 0.2) is 0 Å². The third-order valence-electron chi connectivity index (χ3n) is 3.46. The molecule has 1 aliphatic rings. The predicted molar refractivity (Wildman–Crippen MR) is 83.1 cm³/mol. The van der Waals surface area contributed by atoms with Crippen LogP contribution in [0.5, 0.6) is 0 Å². The SMILES string of the molecule is O=C(NCC/C=N/NC1CCCC1)OCc1ccccc1. The van der Waals surface area contributed by atoms with E-state index in [1.807, 2.05) is 30.3 Å². The quantitative estimate of drug-likeness (QED) is 0.461. The Morgan fingerprint density at radius 2 is 2.05 bits per heavy atom. The Kier molecular flexibility index (Phi) is 6.58. The van der Waals surface area contributed by atoms with Gasteiger partial charge in [0.25, 0.3) is 0 Å². The summed E-state index contributed by atoms with van der Waals surface area (Å²) in [5, 5.41) is 6.88. The largest absolute Gasteiger partial charge is 0.445 e. The van der Waals surface area contributed by atoms with Crippen LogP contribution in [0.1, 0.15) is 37.7 Å². The first-order valence-corrected chi connectivity index (χ1v) is 7.56. The number of carbonyl (C=O) groups is 1. The minimum atomic E-state index is -0.393. The molecule has 0 radical (unpaired) electrons. The van der Waals surface area contributed by atoms with Crippen molar-refractivity contribution < 1.29 is 9.53 Å². The van der Waals surface area contributed by atoms with Crippen LogP contribution in [0.3, 0.4) is 0 Å². The molecule has 0 unspecified atom stereocenters. The molecule has 0 heterocycles. The van der Waals surface area contributed by atoms with E-state index in [0.29, 0.717) is 25.6 Å². The van der Waals surface area contributed by atoms with E-state index in [1.54, 1.807) is 6.21 Å². The van der Waals surface area contributed by atoms with Crippen molar-refractivity contribution >= 4 is 12.3 Å². The normalized spacial score (nSPS) is 15.2. The standard InChI is InChI=1S/C16H23N3O2/c20-16(21-13-14-7-2-1-3-8-14)17-11-6-12-18-19-15-9-4-5-10-15/h1-3,7-8,12,15,19H,4-6,9-11,13H2,(H,17,20)/b18-12+. The third-order valence-corrected chi connectivity index (χ3v) is 3.46. The first-order valence-electron chi connectivity index (χ1n) is 7.56. The maximum atomic E-state index is 11.5. The van der Waals surface area contributed by atoms with Crippen molar-refractivity contribution in [2.45, 2.75) is 44.8 Å². The van der Waals surface area contributed by atoms with Crippen molar-refractivity contribution in [2.75, 3.05) is 6.54 Å². The molecule has 1 saturated carbocycles. The molecule has 0 aromatic heterocycles. The monoisotopic (exact) mass is 289 g/mol. The van der Waals surface area contributed by atoms with E-state index < -0.39 is 6.09 Å². The molecule has 1 aromatic rings. The summed E-state index contributed by atoms with van der Waals surface area (Å²) in [4.78, 5) is 11.5. The van der Waals surface area contributed by atoms with Gasteiger partial charge in [-0.25, -0.2) is 4.79 Å². The number of hydrazone groups is 1. The van der Waals surface area contributed by atoms with Gasteiger partial charge in [0.05, 0.1) is 0 Å². The van der Waals surface area contributed by atoms with Crippen LogP contribution in [-0.2, 0) is 11.3 Å². The fourth-order valence-corrected chi connectivity index (χ4v) is 2.29. The Balaban J connectivity index is 1.50. The maximum Gasteiger partial charge on any atom is 0.407 e. The maximum absolute atomic E-state index is 11.5. The Morgan fingerprint density at radius 1 is 1.29 bits per heavy atom. The van der Waals surface area contributed by atoms with E-state index in [2.05, 4.69) is 15.8 Å². The zero-order chi connectivity index (χ0) is 14.8. The first kappa shape index (κ1) is 15.4. The fourth-order valence-electron chi connectivity index (χ4n) is 2.29. The molecule has 0 spiro atoms. The lowest BCUT2D eigenvalue weighted by Crippen LogP contribution is -2.26. The Hall–Kier alpha value is -2.04. The van der Waals surface area contributed by atoms with E-state index in [9.17, 15) is 4.79 Å². The van der Waals surface area contributed by atoms with Gasteiger partial charge >= 0.3 is 6.09 Å². The number of amides is 1. The number of nitrogens with one attached hydrogen (secondary N) is 2. The fraction of sp³-hybridized carbons (Fsp3) is 0.500. The van der Waals surface area contributed by atoms with Gasteiger partial charge in [0.2, 0.25) is 0 Å². The second kappa shape index (κ2) is 9.00. The first-order chi connectivity index (χ1) is 10.3. The molecule has 21 heavy (non-hydrogen) atoms. The number of nitrogens with zero attached hydrogens (tertiary/aromatic N) is 1. The molecule has 5 nitrogen and oxygen atoms in total.